The van der Waals surface area contributed by atoms with Crippen molar-refractivity contribution in [3.8, 4) is 22.3 Å². The van der Waals surface area contributed by atoms with E-state index in [0.29, 0.717) is 0 Å². The Hall–Kier alpha value is -6.25. The van der Waals surface area contributed by atoms with E-state index in [1.54, 1.807) is 0 Å². The molecule has 0 saturated heterocycles. The Balaban J connectivity index is 1.26. The summed E-state index contributed by atoms with van der Waals surface area (Å²) in [6.07, 6.45) is 1.90. The fourth-order valence-electron chi connectivity index (χ4n) is 7.20. The maximum atomic E-state index is 4.91. The third kappa shape index (κ3) is 4.54. The van der Waals surface area contributed by atoms with Gasteiger partial charge in [0.1, 0.15) is 5.82 Å². The molecule has 9 aromatic rings. The lowest BCUT2D eigenvalue weighted by molar-refractivity contribution is 1.20. The maximum absolute atomic E-state index is 4.91. The Bertz CT molecular complexity index is 2500. The molecule has 0 spiro atoms. The molecule has 0 radical (unpaired) electrons. The number of fused-ring (bicyclic) bond motifs is 4. The third-order valence-electron chi connectivity index (χ3n) is 9.28. The van der Waals surface area contributed by atoms with E-state index in [1.165, 1.54) is 60.0 Å². The predicted octanol–water partition coefficient (Wildman–Crippen LogP) is 12.5. The molecular weight excluding hydrogens is 569 g/mol. The van der Waals surface area contributed by atoms with Gasteiger partial charge in [-0.1, -0.05) is 146 Å². The zero-order valence-electron chi connectivity index (χ0n) is 25.7. The van der Waals surface area contributed by atoms with E-state index in [4.69, 9.17) is 4.98 Å². The number of rotatable bonds is 5. The number of nitrogens with zero attached hydrogens (tertiary/aromatic N) is 2. The lowest BCUT2D eigenvalue weighted by Gasteiger charge is -2.26. The Morgan fingerprint density at radius 3 is 1.49 bits per heavy atom. The summed E-state index contributed by atoms with van der Waals surface area (Å²) < 4.78 is 0. The van der Waals surface area contributed by atoms with E-state index in [-0.39, 0.29) is 0 Å². The number of hydrogen-bond acceptors (Lipinski definition) is 2. The molecule has 0 saturated carbocycles. The summed E-state index contributed by atoms with van der Waals surface area (Å²) in [4.78, 5) is 7.16. The van der Waals surface area contributed by atoms with Crippen LogP contribution in [0.15, 0.2) is 182 Å². The largest absolute Gasteiger partial charge is 0.295 e. The van der Waals surface area contributed by atoms with Crippen molar-refractivity contribution in [2.24, 2.45) is 0 Å². The molecule has 0 unspecified atom stereocenters. The molecule has 0 N–H and O–H groups in total. The molecule has 1 aromatic heterocycles. The van der Waals surface area contributed by atoms with Gasteiger partial charge in [0.15, 0.2) is 0 Å². The second kappa shape index (κ2) is 11.3. The first-order valence-electron chi connectivity index (χ1n) is 16.1. The van der Waals surface area contributed by atoms with Gasteiger partial charge in [-0.2, -0.15) is 0 Å². The van der Waals surface area contributed by atoms with Gasteiger partial charge in [-0.15, -0.1) is 0 Å². The second-order valence-corrected chi connectivity index (χ2v) is 11.9. The van der Waals surface area contributed by atoms with Crippen molar-refractivity contribution in [3.05, 3.63) is 182 Å². The number of benzene rings is 8. The highest BCUT2D eigenvalue weighted by atomic mass is 15.2. The summed E-state index contributed by atoms with van der Waals surface area (Å²) in [5.74, 6) is 0.914. The van der Waals surface area contributed by atoms with Crippen LogP contribution >= 0.6 is 0 Å². The average molecular weight is 599 g/mol. The van der Waals surface area contributed by atoms with Crippen molar-refractivity contribution in [1.29, 1.82) is 0 Å². The van der Waals surface area contributed by atoms with Crippen molar-refractivity contribution in [1.82, 2.24) is 4.98 Å². The van der Waals surface area contributed by atoms with E-state index < -0.39 is 0 Å². The van der Waals surface area contributed by atoms with E-state index in [2.05, 4.69) is 181 Å². The standard InChI is InChI=1S/C45H30N2/c1-2-16-34(17-3-1)47(45-37-19-7-5-14-32(37)29-30-46-45)35-27-25-33(26-28-35)43-39-20-8-10-22-41(39)44(42-23-11-9-21-40(42)43)38-24-12-15-31-13-4-6-18-36(31)38/h1-30H. The highest BCUT2D eigenvalue weighted by Crippen LogP contribution is 2.46. The quantitative estimate of drug-likeness (QED) is 0.183. The van der Waals surface area contributed by atoms with Gasteiger partial charge >= 0.3 is 0 Å². The fraction of sp³-hybridized carbons (Fsp3) is 0. The Morgan fingerprint density at radius 1 is 0.340 bits per heavy atom. The van der Waals surface area contributed by atoms with Crippen molar-refractivity contribution < 1.29 is 0 Å². The zero-order valence-corrected chi connectivity index (χ0v) is 25.7. The first kappa shape index (κ1) is 27.1. The first-order valence-corrected chi connectivity index (χ1v) is 16.1. The topological polar surface area (TPSA) is 16.1 Å². The SMILES string of the molecule is c1ccc(N(c2ccc(-c3c4ccccc4c(-c4cccc5ccccc45)c4ccccc34)cc2)c2nccc3ccccc23)cc1. The molecule has 2 heteroatoms. The molecule has 0 fully saturated rings. The van der Waals surface area contributed by atoms with Crippen LogP contribution in [-0.2, 0) is 0 Å². The van der Waals surface area contributed by atoms with Crippen molar-refractivity contribution in [3.63, 3.8) is 0 Å². The minimum absolute atomic E-state index is 0.914. The molecule has 0 aliphatic rings. The molecular formula is C45H30N2. The molecule has 8 aromatic carbocycles. The molecule has 220 valence electrons. The van der Waals surface area contributed by atoms with Crippen LogP contribution in [0.1, 0.15) is 0 Å². The number of aromatic nitrogens is 1. The second-order valence-electron chi connectivity index (χ2n) is 11.9. The van der Waals surface area contributed by atoms with Crippen LogP contribution in [0.25, 0.3) is 65.3 Å². The van der Waals surface area contributed by atoms with E-state index in [1.807, 2.05) is 6.20 Å². The van der Waals surface area contributed by atoms with Crippen LogP contribution in [-0.4, -0.2) is 4.98 Å². The van der Waals surface area contributed by atoms with E-state index in [0.717, 1.165) is 22.6 Å². The van der Waals surface area contributed by atoms with E-state index in [9.17, 15) is 0 Å². The van der Waals surface area contributed by atoms with Gasteiger partial charge < -0.3 is 0 Å². The molecule has 2 nitrogen and oxygen atoms in total. The van der Waals surface area contributed by atoms with Gasteiger partial charge in [0.05, 0.1) is 0 Å². The minimum atomic E-state index is 0.914. The summed E-state index contributed by atoms with van der Waals surface area (Å²) in [5.41, 5.74) is 7.11. The molecule has 1 heterocycles. The van der Waals surface area contributed by atoms with Crippen LogP contribution in [0.5, 0.6) is 0 Å². The van der Waals surface area contributed by atoms with Gasteiger partial charge in [-0.05, 0) is 90.3 Å². The van der Waals surface area contributed by atoms with Crippen molar-refractivity contribution in [2.45, 2.75) is 0 Å². The maximum Gasteiger partial charge on any atom is 0.145 e. The molecule has 47 heavy (non-hydrogen) atoms. The molecule has 9 rings (SSSR count). The predicted molar refractivity (Wildman–Crippen MR) is 200 cm³/mol. The molecule has 0 amide bonds. The van der Waals surface area contributed by atoms with Gasteiger partial charge in [0, 0.05) is 23.0 Å². The number of pyridine rings is 1. The lowest BCUT2D eigenvalue weighted by atomic mass is 9.85. The van der Waals surface area contributed by atoms with Gasteiger partial charge in [-0.3, -0.25) is 4.90 Å². The summed E-state index contributed by atoms with van der Waals surface area (Å²) in [7, 11) is 0. The molecule has 0 atom stereocenters. The highest BCUT2D eigenvalue weighted by molar-refractivity contribution is 6.23. The van der Waals surface area contributed by atoms with Crippen LogP contribution in [0, 0.1) is 0 Å². The highest BCUT2D eigenvalue weighted by Gasteiger charge is 2.20. The van der Waals surface area contributed by atoms with Gasteiger partial charge in [0.2, 0.25) is 0 Å². The van der Waals surface area contributed by atoms with Crippen LogP contribution in [0.4, 0.5) is 17.2 Å². The average Bonchev–Trinajstić information content (AvgIpc) is 3.15. The van der Waals surface area contributed by atoms with Gasteiger partial charge in [0.25, 0.3) is 0 Å². The minimum Gasteiger partial charge on any atom is -0.295 e. The summed E-state index contributed by atoms with van der Waals surface area (Å²) >= 11 is 0. The molecule has 0 aliphatic heterocycles. The third-order valence-corrected chi connectivity index (χ3v) is 9.28. The number of hydrogen-bond donors (Lipinski definition) is 0. The van der Waals surface area contributed by atoms with Crippen molar-refractivity contribution in [2.75, 3.05) is 4.90 Å². The number of anilines is 3. The number of para-hydroxylation sites is 1. The molecule has 0 bridgehead atoms. The van der Waals surface area contributed by atoms with E-state index >= 15 is 0 Å². The summed E-state index contributed by atoms with van der Waals surface area (Å²) in [5, 5.41) is 9.81. The first-order chi connectivity index (χ1) is 23.3. The van der Waals surface area contributed by atoms with Crippen LogP contribution in [0.3, 0.4) is 0 Å². The lowest BCUT2D eigenvalue weighted by Crippen LogP contribution is -2.11. The Kier molecular flexibility index (Phi) is 6.50. The van der Waals surface area contributed by atoms with Gasteiger partial charge in [-0.25, -0.2) is 4.98 Å². The summed E-state index contributed by atoms with van der Waals surface area (Å²) in [6.45, 7) is 0. The fourth-order valence-corrected chi connectivity index (χ4v) is 7.20. The van der Waals surface area contributed by atoms with Crippen LogP contribution in [0.2, 0.25) is 0 Å². The summed E-state index contributed by atoms with van der Waals surface area (Å²) in [6, 6.07) is 63.1. The Morgan fingerprint density at radius 2 is 0.830 bits per heavy atom. The van der Waals surface area contributed by atoms with Crippen molar-refractivity contribution >= 4 is 60.3 Å². The smallest absolute Gasteiger partial charge is 0.145 e. The normalized spacial score (nSPS) is 11.4. The monoisotopic (exact) mass is 598 g/mol. The zero-order chi connectivity index (χ0) is 31.2. The Labute approximate surface area is 273 Å². The molecule has 0 aliphatic carbocycles. The van der Waals surface area contributed by atoms with Crippen LogP contribution < -0.4 is 4.90 Å².